The van der Waals surface area contributed by atoms with Crippen molar-refractivity contribution in [1.29, 1.82) is 0 Å². The van der Waals surface area contributed by atoms with E-state index in [-0.39, 0.29) is 11.5 Å². The quantitative estimate of drug-likeness (QED) is 0.256. The molecular weight excluding hydrogens is 484 g/mol. The maximum Gasteiger partial charge on any atom is 0.325 e. The number of para-hydroxylation sites is 1. The van der Waals surface area contributed by atoms with E-state index in [2.05, 4.69) is 26.0 Å². The van der Waals surface area contributed by atoms with Crippen LogP contribution in [0.2, 0.25) is 0 Å². The van der Waals surface area contributed by atoms with Gasteiger partial charge in [-0.2, -0.15) is 0 Å². The van der Waals surface area contributed by atoms with Crippen LogP contribution in [0, 0.1) is 0 Å². The first-order chi connectivity index (χ1) is 14.8. The highest BCUT2D eigenvalue weighted by atomic mass is 79.9. The molecule has 1 aromatic heterocycles. The molecule has 1 aliphatic rings. The molecule has 2 aromatic carbocycles. The number of hydrogen-bond donors (Lipinski definition) is 1. The largest absolute Gasteiger partial charge is 0.426 e. The van der Waals surface area contributed by atoms with Gasteiger partial charge in [0.2, 0.25) is 11.1 Å². The number of halogens is 1. The van der Waals surface area contributed by atoms with Crippen LogP contribution in [-0.4, -0.2) is 28.2 Å². The van der Waals surface area contributed by atoms with Gasteiger partial charge in [-0.05, 0) is 57.2 Å². The summed E-state index contributed by atoms with van der Waals surface area (Å²) in [5, 5.41) is 5.04. The van der Waals surface area contributed by atoms with Gasteiger partial charge >= 0.3 is 17.2 Å². The minimum atomic E-state index is -0.710. The number of nitrogens with one attached hydrogen (secondary N) is 1. The Morgan fingerprint density at radius 2 is 1.97 bits per heavy atom. The molecule has 1 amide bonds. The number of nitrogens with zero attached hydrogens (tertiary/aromatic N) is 3. The number of aromatic nitrogens is 3. The van der Waals surface area contributed by atoms with E-state index in [1.165, 1.54) is 25.6 Å². The Kier molecular flexibility index (Phi) is 5.67. The Balaban J connectivity index is 2.00. The molecule has 31 heavy (non-hydrogen) atoms. The lowest BCUT2D eigenvalue weighted by molar-refractivity contribution is -0.763. The number of aromatic amines is 1. The SMILES string of the molecule is CSc1n[n+]2c(c(=O)[nH]1)-c1ccccc1N(C(C)=O)[C@H]2c1ccc(OC(C)=O)c(Br)c1. The molecule has 0 saturated heterocycles. The first kappa shape index (κ1) is 21.3. The second-order valence-corrected chi connectivity index (χ2v) is 8.47. The van der Waals surface area contributed by atoms with Crippen LogP contribution in [0.5, 0.6) is 5.75 Å². The molecule has 0 unspecified atom stereocenters. The van der Waals surface area contributed by atoms with E-state index in [1.54, 1.807) is 39.9 Å². The normalized spacial score (nSPS) is 14.6. The standard InChI is InChI=1S/C21H17BrN4O4S/c1-11(27)25-16-7-5-4-6-14(16)18-19(29)23-21(31-3)24-26(18)20(25)13-8-9-17(15(22)10-13)30-12(2)28/h4-10,20H,1-3H3/p+1/t20-/m1/s1. The molecule has 0 saturated carbocycles. The van der Waals surface area contributed by atoms with Crippen molar-refractivity contribution >= 4 is 45.3 Å². The first-order valence-corrected chi connectivity index (χ1v) is 11.3. The first-order valence-electron chi connectivity index (χ1n) is 9.29. The monoisotopic (exact) mass is 501 g/mol. The summed E-state index contributed by atoms with van der Waals surface area (Å²) in [6.45, 7) is 2.79. The van der Waals surface area contributed by atoms with Crippen LogP contribution >= 0.6 is 27.7 Å². The topological polar surface area (TPSA) is 96.2 Å². The third-order valence-corrected chi connectivity index (χ3v) is 5.99. The number of H-pyrrole nitrogens is 1. The third-order valence-electron chi connectivity index (χ3n) is 4.80. The fraction of sp³-hybridized carbons (Fsp3) is 0.190. The van der Waals surface area contributed by atoms with Gasteiger partial charge in [0, 0.05) is 24.5 Å². The van der Waals surface area contributed by atoms with Gasteiger partial charge in [-0.3, -0.25) is 19.4 Å². The lowest BCUT2D eigenvalue weighted by Gasteiger charge is -2.31. The van der Waals surface area contributed by atoms with Gasteiger partial charge in [0.25, 0.3) is 6.17 Å². The Morgan fingerprint density at radius 3 is 2.61 bits per heavy atom. The van der Waals surface area contributed by atoms with E-state index >= 15 is 0 Å². The minimum Gasteiger partial charge on any atom is -0.426 e. The van der Waals surface area contributed by atoms with E-state index in [0.717, 1.165) is 0 Å². The predicted octanol–water partition coefficient (Wildman–Crippen LogP) is 3.05. The molecule has 1 aliphatic heterocycles. The fourth-order valence-corrected chi connectivity index (χ4v) is 4.46. The van der Waals surface area contributed by atoms with Gasteiger partial charge in [-0.15, -0.1) is 0 Å². The second-order valence-electron chi connectivity index (χ2n) is 6.82. The molecule has 0 fully saturated rings. The lowest BCUT2D eigenvalue weighted by atomic mass is 10.0. The highest BCUT2D eigenvalue weighted by Gasteiger charge is 2.44. The summed E-state index contributed by atoms with van der Waals surface area (Å²) in [5.41, 5.74) is 1.98. The number of benzene rings is 2. The molecular formula is C21H18BrN4O4S+. The van der Waals surface area contributed by atoms with Crippen molar-refractivity contribution < 1.29 is 19.0 Å². The summed E-state index contributed by atoms with van der Waals surface area (Å²) in [4.78, 5) is 41.6. The van der Waals surface area contributed by atoms with E-state index in [9.17, 15) is 14.4 Å². The lowest BCUT2D eigenvalue weighted by Crippen LogP contribution is -2.60. The highest BCUT2D eigenvalue weighted by Crippen LogP contribution is 2.38. The maximum absolute atomic E-state index is 13.0. The second kappa shape index (κ2) is 8.27. The van der Waals surface area contributed by atoms with Crippen LogP contribution in [0.3, 0.4) is 0 Å². The van der Waals surface area contributed by atoms with Crippen molar-refractivity contribution in [2.75, 3.05) is 11.2 Å². The summed E-state index contributed by atoms with van der Waals surface area (Å²) < 4.78 is 7.31. The van der Waals surface area contributed by atoms with Crippen LogP contribution in [-0.2, 0) is 9.59 Å². The summed E-state index contributed by atoms with van der Waals surface area (Å²) in [5.74, 6) is -0.290. The van der Waals surface area contributed by atoms with E-state index in [1.807, 2.05) is 18.4 Å². The average Bonchev–Trinajstić information content (AvgIpc) is 2.73. The minimum absolute atomic E-state index is 0.205. The Labute approximate surface area is 190 Å². The summed E-state index contributed by atoms with van der Waals surface area (Å²) in [7, 11) is 0. The highest BCUT2D eigenvalue weighted by molar-refractivity contribution is 9.10. The van der Waals surface area contributed by atoms with E-state index < -0.39 is 12.1 Å². The predicted molar refractivity (Wildman–Crippen MR) is 119 cm³/mol. The van der Waals surface area contributed by atoms with Crippen molar-refractivity contribution in [3.63, 3.8) is 0 Å². The number of hydrogen-bond acceptors (Lipinski definition) is 6. The molecule has 4 rings (SSSR count). The summed E-state index contributed by atoms with van der Waals surface area (Å²) in [6, 6.07) is 12.4. The molecule has 0 radical (unpaired) electrons. The molecule has 10 heteroatoms. The molecule has 2 heterocycles. The number of fused-ring (bicyclic) bond motifs is 3. The molecule has 1 N–H and O–H groups in total. The van der Waals surface area contributed by atoms with E-state index in [4.69, 9.17) is 4.74 Å². The molecule has 8 nitrogen and oxygen atoms in total. The average molecular weight is 502 g/mol. The van der Waals surface area contributed by atoms with E-state index in [0.29, 0.717) is 37.9 Å². The van der Waals surface area contributed by atoms with Crippen molar-refractivity contribution in [2.24, 2.45) is 0 Å². The number of rotatable bonds is 3. The van der Waals surface area contributed by atoms with Crippen LogP contribution < -0.4 is 19.9 Å². The molecule has 0 bridgehead atoms. The molecule has 0 spiro atoms. The van der Waals surface area contributed by atoms with Gasteiger partial charge in [0.1, 0.15) is 5.75 Å². The maximum atomic E-state index is 13.0. The smallest absolute Gasteiger partial charge is 0.325 e. The molecule has 1 atom stereocenters. The van der Waals surface area contributed by atoms with Gasteiger partial charge in [0.05, 0.1) is 15.7 Å². The van der Waals surface area contributed by atoms with Crippen LogP contribution in [0.1, 0.15) is 25.6 Å². The number of esters is 1. The third kappa shape index (κ3) is 3.77. The Hall–Kier alpha value is -2.98. The zero-order chi connectivity index (χ0) is 22.3. The number of anilines is 1. The fourth-order valence-electron chi connectivity index (χ4n) is 3.62. The van der Waals surface area contributed by atoms with Crippen molar-refractivity contribution in [3.8, 4) is 17.0 Å². The number of amides is 1. The van der Waals surface area contributed by atoms with Crippen LogP contribution in [0.25, 0.3) is 11.3 Å². The van der Waals surface area contributed by atoms with Gasteiger partial charge < -0.3 is 4.74 Å². The zero-order valence-corrected chi connectivity index (χ0v) is 19.3. The van der Waals surface area contributed by atoms with Gasteiger partial charge in [0.15, 0.2) is 0 Å². The summed E-state index contributed by atoms with van der Waals surface area (Å²) in [6.07, 6.45) is 1.10. The van der Waals surface area contributed by atoms with Crippen molar-refractivity contribution in [2.45, 2.75) is 25.2 Å². The molecule has 158 valence electrons. The Bertz CT molecular complexity index is 1280. The molecule has 0 aliphatic carbocycles. The number of ether oxygens (including phenoxy) is 1. The van der Waals surface area contributed by atoms with Crippen molar-refractivity contribution in [1.82, 2.24) is 10.1 Å². The summed E-state index contributed by atoms with van der Waals surface area (Å²) >= 11 is 4.73. The van der Waals surface area contributed by atoms with Crippen LogP contribution in [0.15, 0.2) is 56.9 Å². The van der Waals surface area contributed by atoms with Crippen molar-refractivity contribution in [3.05, 3.63) is 62.9 Å². The number of carbonyl (C=O) groups excluding carboxylic acids is 2. The van der Waals surface area contributed by atoms with Gasteiger partial charge in [-0.25, -0.2) is 4.90 Å². The molecule has 3 aromatic rings. The number of carbonyl (C=O) groups is 2. The van der Waals surface area contributed by atoms with Gasteiger partial charge in [-0.1, -0.05) is 23.9 Å². The van der Waals surface area contributed by atoms with Crippen LogP contribution in [0.4, 0.5) is 5.69 Å². The number of thioether (sulfide) groups is 1. The zero-order valence-electron chi connectivity index (χ0n) is 16.9. The Morgan fingerprint density at radius 1 is 1.23 bits per heavy atom.